The summed E-state index contributed by atoms with van der Waals surface area (Å²) in [5.41, 5.74) is 6.24. The van der Waals surface area contributed by atoms with Gasteiger partial charge in [0.05, 0.1) is 17.4 Å². The molecule has 2 N–H and O–H groups in total. The van der Waals surface area contributed by atoms with Gasteiger partial charge in [-0.3, -0.25) is 20.4 Å². The van der Waals surface area contributed by atoms with Gasteiger partial charge in [0.1, 0.15) is 10.8 Å². The number of amides is 2. The highest BCUT2D eigenvalue weighted by Gasteiger charge is 2.15. The molecule has 2 amide bonds. The Morgan fingerprint density at radius 1 is 1.11 bits per heavy atom. The molecular formula is C20H18FN3O2S2. The number of thioether (sulfide) groups is 1. The standard InChI is InChI=1S/C20H18FN3O2S2/c1-13(28-17-5-3-2-4-6-17)19(26)24-23-18(25)11-16-12-27-20(22-16)14-7-9-15(21)10-8-14/h2-10,12-13H,11H2,1H3,(H,23,25)(H,24,26)/t13-/m0/s1. The smallest absolute Gasteiger partial charge is 0.251 e. The van der Waals surface area contributed by atoms with Gasteiger partial charge in [0, 0.05) is 15.8 Å². The molecular weight excluding hydrogens is 397 g/mol. The molecule has 0 fully saturated rings. The van der Waals surface area contributed by atoms with E-state index in [1.165, 1.54) is 35.2 Å². The average molecular weight is 416 g/mol. The number of hydrazine groups is 1. The van der Waals surface area contributed by atoms with Crippen molar-refractivity contribution in [1.82, 2.24) is 15.8 Å². The number of benzene rings is 2. The molecule has 0 aliphatic rings. The lowest BCUT2D eigenvalue weighted by atomic mass is 10.2. The van der Waals surface area contributed by atoms with Gasteiger partial charge >= 0.3 is 0 Å². The average Bonchev–Trinajstić information content (AvgIpc) is 3.15. The summed E-state index contributed by atoms with van der Waals surface area (Å²) < 4.78 is 13.0. The van der Waals surface area contributed by atoms with Crippen LogP contribution in [0.1, 0.15) is 12.6 Å². The Hall–Kier alpha value is -2.71. The van der Waals surface area contributed by atoms with Crippen molar-refractivity contribution >= 4 is 34.9 Å². The topological polar surface area (TPSA) is 71.1 Å². The van der Waals surface area contributed by atoms with Crippen LogP contribution in [0.4, 0.5) is 4.39 Å². The van der Waals surface area contributed by atoms with Gasteiger partial charge in [-0.25, -0.2) is 9.37 Å². The number of aromatic nitrogens is 1. The maximum absolute atomic E-state index is 13.0. The Kier molecular flexibility index (Phi) is 6.78. The van der Waals surface area contributed by atoms with Crippen LogP contribution in [0.2, 0.25) is 0 Å². The van der Waals surface area contributed by atoms with E-state index in [9.17, 15) is 14.0 Å². The van der Waals surface area contributed by atoms with Gasteiger partial charge in [-0.15, -0.1) is 23.1 Å². The van der Waals surface area contributed by atoms with Crippen molar-refractivity contribution in [3.05, 3.63) is 71.5 Å². The summed E-state index contributed by atoms with van der Waals surface area (Å²) in [7, 11) is 0. The second kappa shape index (κ2) is 9.48. The summed E-state index contributed by atoms with van der Waals surface area (Å²) >= 11 is 2.79. The molecule has 1 heterocycles. The molecule has 0 spiro atoms. The number of carbonyl (C=O) groups is 2. The van der Waals surface area contributed by atoms with Crippen LogP contribution < -0.4 is 10.9 Å². The Labute approximate surface area is 170 Å². The first kappa shape index (κ1) is 20.0. The maximum Gasteiger partial charge on any atom is 0.251 e. The van der Waals surface area contributed by atoms with E-state index < -0.39 is 0 Å². The monoisotopic (exact) mass is 415 g/mol. The van der Waals surface area contributed by atoms with Crippen molar-refractivity contribution in [3.8, 4) is 10.6 Å². The minimum Gasteiger partial charge on any atom is -0.273 e. The number of hydrogen-bond acceptors (Lipinski definition) is 5. The number of hydrogen-bond donors (Lipinski definition) is 2. The first-order valence-electron chi connectivity index (χ1n) is 8.52. The Morgan fingerprint density at radius 2 is 1.82 bits per heavy atom. The summed E-state index contributed by atoms with van der Waals surface area (Å²) in [4.78, 5) is 29.6. The first-order chi connectivity index (χ1) is 13.5. The molecule has 0 saturated carbocycles. The van der Waals surface area contributed by atoms with Crippen LogP contribution in [-0.4, -0.2) is 22.0 Å². The van der Waals surface area contributed by atoms with E-state index in [-0.39, 0.29) is 29.3 Å². The lowest BCUT2D eigenvalue weighted by molar-refractivity contribution is -0.128. The van der Waals surface area contributed by atoms with Crippen molar-refractivity contribution in [2.45, 2.75) is 23.5 Å². The van der Waals surface area contributed by atoms with Crippen LogP contribution in [-0.2, 0) is 16.0 Å². The fraction of sp³-hybridized carbons (Fsp3) is 0.150. The molecule has 0 bridgehead atoms. The van der Waals surface area contributed by atoms with E-state index in [4.69, 9.17) is 0 Å². The Balaban J connectivity index is 1.48. The molecule has 28 heavy (non-hydrogen) atoms. The van der Waals surface area contributed by atoms with Gasteiger partial charge in [-0.2, -0.15) is 0 Å². The van der Waals surface area contributed by atoms with Crippen molar-refractivity contribution in [2.24, 2.45) is 0 Å². The minimum absolute atomic E-state index is 0.0399. The van der Waals surface area contributed by atoms with Crippen LogP contribution in [0.3, 0.4) is 0 Å². The molecule has 2 aromatic carbocycles. The lowest BCUT2D eigenvalue weighted by Crippen LogP contribution is -2.45. The number of nitrogens with one attached hydrogen (secondary N) is 2. The van der Waals surface area contributed by atoms with E-state index in [1.54, 1.807) is 24.4 Å². The molecule has 1 atom stereocenters. The third-order valence-corrected chi connectivity index (χ3v) is 5.79. The number of thiazole rings is 1. The van der Waals surface area contributed by atoms with E-state index in [2.05, 4.69) is 15.8 Å². The van der Waals surface area contributed by atoms with Gasteiger partial charge in [0.2, 0.25) is 5.91 Å². The molecule has 0 aliphatic heterocycles. The highest BCUT2D eigenvalue weighted by atomic mass is 32.2. The molecule has 0 unspecified atom stereocenters. The van der Waals surface area contributed by atoms with Crippen LogP contribution in [0, 0.1) is 5.82 Å². The highest BCUT2D eigenvalue weighted by Crippen LogP contribution is 2.24. The zero-order chi connectivity index (χ0) is 19.9. The molecule has 0 saturated heterocycles. The van der Waals surface area contributed by atoms with Gasteiger partial charge in [-0.05, 0) is 43.3 Å². The number of rotatable bonds is 6. The molecule has 3 aromatic rings. The van der Waals surface area contributed by atoms with E-state index in [0.29, 0.717) is 10.7 Å². The van der Waals surface area contributed by atoms with Gasteiger partial charge in [0.25, 0.3) is 5.91 Å². The lowest BCUT2D eigenvalue weighted by Gasteiger charge is -2.12. The number of nitrogens with zero attached hydrogens (tertiary/aromatic N) is 1. The molecule has 144 valence electrons. The van der Waals surface area contributed by atoms with Crippen molar-refractivity contribution in [3.63, 3.8) is 0 Å². The molecule has 8 heteroatoms. The number of carbonyl (C=O) groups excluding carboxylic acids is 2. The van der Waals surface area contributed by atoms with Crippen molar-refractivity contribution in [1.29, 1.82) is 0 Å². The SMILES string of the molecule is C[C@H](Sc1ccccc1)C(=O)NNC(=O)Cc1csc(-c2ccc(F)cc2)n1. The third-order valence-electron chi connectivity index (χ3n) is 3.74. The predicted octanol–water partition coefficient (Wildman–Crippen LogP) is 3.82. The van der Waals surface area contributed by atoms with E-state index in [1.807, 2.05) is 30.3 Å². The minimum atomic E-state index is -0.360. The summed E-state index contributed by atoms with van der Waals surface area (Å²) in [6.07, 6.45) is 0.0399. The van der Waals surface area contributed by atoms with E-state index in [0.717, 1.165) is 10.5 Å². The first-order valence-corrected chi connectivity index (χ1v) is 10.3. The van der Waals surface area contributed by atoms with Gasteiger partial charge in [0.15, 0.2) is 0 Å². The van der Waals surface area contributed by atoms with E-state index >= 15 is 0 Å². The van der Waals surface area contributed by atoms with Crippen LogP contribution in [0.5, 0.6) is 0 Å². The Morgan fingerprint density at radius 3 is 2.54 bits per heavy atom. The van der Waals surface area contributed by atoms with Crippen molar-refractivity contribution in [2.75, 3.05) is 0 Å². The van der Waals surface area contributed by atoms with Gasteiger partial charge < -0.3 is 0 Å². The predicted molar refractivity (Wildman–Crippen MR) is 109 cm³/mol. The zero-order valence-corrected chi connectivity index (χ0v) is 16.6. The maximum atomic E-state index is 13.0. The van der Waals surface area contributed by atoms with Crippen LogP contribution >= 0.6 is 23.1 Å². The molecule has 0 aliphatic carbocycles. The highest BCUT2D eigenvalue weighted by molar-refractivity contribution is 8.00. The number of halogens is 1. The van der Waals surface area contributed by atoms with Crippen LogP contribution in [0.15, 0.2) is 64.9 Å². The normalized spacial score (nSPS) is 11.6. The fourth-order valence-corrected chi connectivity index (χ4v) is 4.03. The zero-order valence-electron chi connectivity index (χ0n) is 15.0. The second-order valence-electron chi connectivity index (χ2n) is 5.94. The van der Waals surface area contributed by atoms with Crippen molar-refractivity contribution < 1.29 is 14.0 Å². The molecule has 5 nitrogen and oxygen atoms in total. The summed E-state index contributed by atoms with van der Waals surface area (Å²) in [6, 6.07) is 15.6. The second-order valence-corrected chi connectivity index (χ2v) is 8.21. The summed E-state index contributed by atoms with van der Waals surface area (Å²) in [5, 5.41) is 2.13. The molecule has 0 radical (unpaired) electrons. The largest absolute Gasteiger partial charge is 0.273 e. The van der Waals surface area contributed by atoms with Crippen LogP contribution in [0.25, 0.3) is 10.6 Å². The summed E-state index contributed by atoms with van der Waals surface area (Å²) in [6.45, 7) is 1.77. The molecule has 1 aromatic heterocycles. The Bertz CT molecular complexity index is 946. The summed E-state index contributed by atoms with van der Waals surface area (Å²) in [5.74, 6) is -0.955. The third kappa shape index (κ3) is 5.64. The fourth-order valence-electron chi connectivity index (χ4n) is 2.31. The quantitative estimate of drug-likeness (QED) is 0.474. The molecule has 3 rings (SSSR count). The van der Waals surface area contributed by atoms with Gasteiger partial charge in [-0.1, -0.05) is 18.2 Å².